The van der Waals surface area contributed by atoms with Crippen LogP contribution in [-0.4, -0.2) is 151 Å². The number of ketones is 1. The number of nitrogens with one attached hydrogen (secondary N) is 4. The van der Waals surface area contributed by atoms with Gasteiger partial charge in [-0.05, 0) is 250 Å². The third-order valence-corrected chi connectivity index (χ3v) is 32.7. The highest BCUT2D eigenvalue weighted by molar-refractivity contribution is 7.90. The number of carbonyl (C=O) groups excluding carboxylic acids is 5. The Kier molecular flexibility index (Phi) is 28.3. The van der Waals surface area contributed by atoms with Gasteiger partial charge in [-0.1, -0.05) is 157 Å². The minimum absolute atomic E-state index is 0.0596. The van der Waals surface area contributed by atoms with Crippen LogP contribution >= 0.6 is 23.2 Å². The number of sulfonamides is 2. The Bertz CT molecular complexity index is 7090. The molecular formula is C106H104Cl2N11O15S3+. The van der Waals surface area contributed by atoms with Crippen molar-refractivity contribution in [3.63, 3.8) is 0 Å². The summed E-state index contributed by atoms with van der Waals surface area (Å²) < 4.78 is 87.7. The molecule has 31 heteroatoms. The van der Waals surface area contributed by atoms with Crippen LogP contribution in [0.25, 0.3) is 55.8 Å². The third kappa shape index (κ3) is 21.3. The zero-order chi connectivity index (χ0) is 96.0. The van der Waals surface area contributed by atoms with Crippen LogP contribution in [0, 0.1) is 6.92 Å². The summed E-state index contributed by atoms with van der Waals surface area (Å²) in [5.74, 6) is 2.43. The van der Waals surface area contributed by atoms with Gasteiger partial charge in [0.2, 0.25) is 40.4 Å². The molecule has 0 bridgehead atoms. The van der Waals surface area contributed by atoms with Crippen LogP contribution in [0.15, 0.2) is 277 Å². The van der Waals surface area contributed by atoms with Crippen molar-refractivity contribution in [2.24, 2.45) is 5.73 Å². The normalized spacial score (nSPS) is 17.8. The highest BCUT2D eigenvalue weighted by atomic mass is 35.5. The first kappa shape index (κ1) is 95.9. The van der Waals surface area contributed by atoms with Gasteiger partial charge in [-0.25, -0.2) is 36.1 Å². The van der Waals surface area contributed by atoms with E-state index in [0.717, 1.165) is 166 Å². The first-order chi connectivity index (χ1) is 65.9. The summed E-state index contributed by atoms with van der Waals surface area (Å²) in [6, 6.07) is 76.2. The summed E-state index contributed by atoms with van der Waals surface area (Å²) in [5, 5.41) is 30.4. The number of nitrogens with two attached hydrogens (primary N) is 1. The maximum atomic E-state index is 13.5. The van der Waals surface area contributed by atoms with Gasteiger partial charge in [-0.2, -0.15) is 12.7 Å². The van der Waals surface area contributed by atoms with Crippen molar-refractivity contribution < 1.29 is 73.2 Å². The number of sulfone groups is 1. The Balaban J connectivity index is 0.000000127. The second kappa shape index (κ2) is 40.5. The number of fused-ring (bicyclic) bond motifs is 2. The van der Waals surface area contributed by atoms with Gasteiger partial charge in [0.05, 0.1) is 74.7 Å². The lowest BCUT2D eigenvalue weighted by Gasteiger charge is -2.28. The van der Waals surface area contributed by atoms with E-state index in [1.54, 1.807) is 97.3 Å². The number of Topliss-reactive ketones (excluding diaryl/α,β-unsaturated/α-hetero) is 1. The van der Waals surface area contributed by atoms with Crippen LogP contribution in [0.5, 0.6) is 11.5 Å². The Morgan fingerprint density at radius 1 is 0.504 bits per heavy atom. The number of primary amides is 1. The Morgan fingerprint density at radius 2 is 1.01 bits per heavy atom. The number of aliphatic hydroxyl groups excluding tert-OH is 2. The number of rotatable bonds is 27. The molecule has 137 heavy (non-hydrogen) atoms. The molecular weight excluding hydrogens is 1830 g/mol. The maximum absolute atomic E-state index is 13.5. The van der Waals surface area contributed by atoms with E-state index >= 15 is 0 Å². The standard InChI is InChI=1S/C29H28N4O4S.C28H30ClN3O4S.C25H22N2O4.C24H23ClN2O3S/c34-19-23-5-3-17-33(23)38(36,37)24-11-8-20(9-12-24)26-6-1-7-27(31-26)32-28(35)29(14-15-29)22-10-13-25-21(18-22)4-2-16-30-25;29-22-12-10-21(11-13-22)28(16-1-2-17-28)27(34)31-26-7-3-6-25(30-26)20-8-14-24(15-9-20)37(35,36)32-18-4-5-23(32)19-33;1-15-9-19(27-13-20(15)16-3-2-4-17(10-16)24(26)29)12-23(28)25(7-8-25)18-5-6-21-22(11-18)31-14-30-21;1-31(29,30)16-13-17-5-7-18(8-6-17)21-3-2-4-22(26-21)27-23(28)24(14-15-24)19-9-11-20(25)12-10-19/h1-2,4,6-13,16,18,23,34H,3,5,14-15,17,19H2,(H,31,32,35);3,6-15,23,33H,1-2,4-5,16-19H2,(H,30,31,34);2-6,9-11,13H,7-8,12,14H2,1H3,(H2,26,29);2-12H,13-16H2,1H3,(H,26,27,28)/p+1/t2*23-;;/m11../s1. The number of anilines is 3. The van der Waals surface area contributed by atoms with Crippen molar-refractivity contribution in [3.8, 4) is 56.4 Å². The number of carbonyl (C=O) groups is 5. The molecule has 4 saturated carbocycles. The quantitative estimate of drug-likeness (QED) is 0.0251. The van der Waals surface area contributed by atoms with Crippen molar-refractivity contribution in [2.75, 3.05) is 61.1 Å². The molecule has 3 aliphatic heterocycles. The number of aromatic nitrogens is 5. The third-order valence-electron chi connectivity index (χ3n) is 27.1. The van der Waals surface area contributed by atoms with Crippen molar-refractivity contribution in [1.82, 2.24) is 29.2 Å². The van der Waals surface area contributed by atoms with Crippen LogP contribution in [0.4, 0.5) is 17.5 Å². The second-order valence-electron chi connectivity index (χ2n) is 36.1. The lowest BCUT2D eigenvalue weighted by molar-refractivity contribution is -0.782. The number of ether oxygens (including phenoxy) is 2. The fraction of sp³-hybridized carbons (Fsp3) is 0.283. The molecule has 0 radical (unpaired) electrons. The van der Waals surface area contributed by atoms with Crippen LogP contribution < -0.4 is 35.5 Å². The van der Waals surface area contributed by atoms with Gasteiger partial charge < -0.3 is 41.4 Å². The fourth-order valence-corrected chi connectivity index (χ4v) is 23.2. The molecule has 5 aromatic heterocycles. The van der Waals surface area contributed by atoms with E-state index in [1.807, 2.05) is 177 Å². The van der Waals surface area contributed by atoms with Gasteiger partial charge in [0.25, 0.3) is 0 Å². The first-order valence-electron chi connectivity index (χ1n) is 45.8. The Labute approximate surface area is 805 Å². The smallest absolute Gasteiger partial charge is 0.326 e. The first-order valence-corrected chi connectivity index (χ1v) is 51.5. The molecule has 8 aromatic carbocycles. The van der Waals surface area contributed by atoms with Crippen molar-refractivity contribution >= 4 is 111 Å². The predicted octanol–water partition coefficient (Wildman–Crippen LogP) is 16.1. The number of halogens is 2. The average Bonchev–Trinajstić information content (AvgIpc) is 1.61. The van der Waals surface area contributed by atoms with E-state index in [4.69, 9.17) is 38.4 Å². The number of nitrogens with zero attached hydrogens (tertiary/aromatic N) is 6. The lowest BCUT2D eigenvalue weighted by Crippen LogP contribution is -3.15. The fourth-order valence-electron chi connectivity index (χ4n) is 18.8. The molecule has 3 atom stereocenters. The SMILES string of the molecule is CS(=O)(=O)CCc1ccc(-c2cccc(NC(=O)C3(c4ccc(Cl)cc4)CC3)n2)cc1.Cc1cc(CC(=O)C2(c3ccc4c(c3)OCO4)CC2)ncc1-c1cccc(C(N)=O)c1.O=C(Nc1cccc(-c2ccc(S(=O)(=O)N3CCC[C@@H]3CO)cc2)n1)C1(c2ccc(Cl)cc2)CCCC1.O=C(Nc1cccc(-c2ccc(S(=O)(=O)[NH+]3CCC[C@@H]3CO)cc2)n1)C1(c2ccc3ncccc3c2)CC1. The monoisotopic (exact) mass is 1940 g/mol. The summed E-state index contributed by atoms with van der Waals surface area (Å²) in [6.45, 7) is 2.78. The molecule has 7 aliphatic rings. The second-order valence-corrected chi connectivity index (χ2v) is 43.1. The van der Waals surface area contributed by atoms with Gasteiger partial charge in [-0.3, -0.25) is 33.9 Å². The number of quaternary nitrogens is 1. The summed E-state index contributed by atoms with van der Waals surface area (Å²) in [4.78, 5) is 87.8. The summed E-state index contributed by atoms with van der Waals surface area (Å²) >= 11 is 12.1. The predicted molar refractivity (Wildman–Crippen MR) is 527 cm³/mol. The van der Waals surface area contributed by atoms with Crippen molar-refractivity contribution in [1.29, 1.82) is 0 Å². The molecule has 0 spiro atoms. The van der Waals surface area contributed by atoms with Gasteiger partial charge in [-0.15, -0.1) is 0 Å². The number of pyridine rings is 5. The molecule has 704 valence electrons. The largest absolute Gasteiger partial charge is 0.454 e. The van der Waals surface area contributed by atoms with Gasteiger partial charge >= 0.3 is 10.0 Å². The Morgan fingerprint density at radius 3 is 1.55 bits per heavy atom. The molecule has 4 amide bonds. The Hall–Kier alpha value is -12.8. The van der Waals surface area contributed by atoms with Crippen LogP contribution in [0.3, 0.4) is 0 Å². The molecule has 26 nitrogen and oxygen atoms in total. The van der Waals surface area contributed by atoms with Crippen LogP contribution in [0.2, 0.25) is 10.0 Å². The van der Waals surface area contributed by atoms with E-state index < -0.39 is 57.5 Å². The van der Waals surface area contributed by atoms with Crippen molar-refractivity contribution in [3.05, 3.63) is 322 Å². The van der Waals surface area contributed by atoms with Gasteiger partial charge in [0.15, 0.2) is 11.5 Å². The van der Waals surface area contributed by atoms with E-state index in [9.17, 15) is 59.4 Å². The number of hydrogen-bond donors (Lipinski definition) is 7. The summed E-state index contributed by atoms with van der Waals surface area (Å²) in [6.07, 6.45) is 16.7. The minimum Gasteiger partial charge on any atom is -0.454 e. The molecule has 2 saturated heterocycles. The van der Waals surface area contributed by atoms with Crippen molar-refractivity contribution in [2.45, 2.75) is 153 Å². The molecule has 13 aromatic rings. The molecule has 8 heterocycles. The lowest BCUT2D eigenvalue weighted by atomic mass is 9.78. The topological polar surface area (TPSA) is 381 Å². The number of aryl methyl sites for hydroxylation is 2. The average molecular weight is 1940 g/mol. The zero-order valence-electron chi connectivity index (χ0n) is 75.6. The highest BCUT2D eigenvalue weighted by Gasteiger charge is 2.54. The molecule has 6 fully saturated rings. The summed E-state index contributed by atoms with van der Waals surface area (Å²) in [5.41, 5.74) is 17.4. The van der Waals surface area contributed by atoms with E-state index in [0.29, 0.717) is 86.9 Å². The molecule has 20 rings (SSSR count). The number of aliphatic hydroxyl groups is 2. The van der Waals surface area contributed by atoms with Crippen LogP contribution in [-0.2, 0) is 83.6 Å². The van der Waals surface area contributed by atoms with Gasteiger partial charge in [0, 0.05) is 99.4 Å². The molecule has 4 aliphatic carbocycles. The highest BCUT2D eigenvalue weighted by Crippen LogP contribution is 2.54. The minimum atomic E-state index is -3.68. The number of hydrogen-bond acceptors (Lipinski definition) is 20. The maximum Gasteiger partial charge on any atom is 0.326 e. The van der Waals surface area contributed by atoms with E-state index in [1.165, 1.54) is 10.6 Å². The summed E-state index contributed by atoms with van der Waals surface area (Å²) in [7, 11) is -10.3. The van der Waals surface area contributed by atoms with Crippen LogP contribution in [0.1, 0.15) is 139 Å². The van der Waals surface area contributed by atoms with E-state index in [-0.39, 0.29) is 77.6 Å². The molecule has 8 N–H and O–H groups in total. The zero-order valence-corrected chi connectivity index (χ0v) is 79.5. The number of benzene rings is 8. The number of amides is 4. The van der Waals surface area contributed by atoms with Gasteiger partial charge in [0.1, 0.15) is 44.0 Å². The molecule has 1 unspecified atom stereocenters. The van der Waals surface area contributed by atoms with E-state index in [2.05, 4.69) is 40.9 Å².